The minimum atomic E-state index is -0.435. The molecule has 2 aromatic heterocycles. The highest BCUT2D eigenvalue weighted by molar-refractivity contribution is 8.00. The van der Waals surface area contributed by atoms with Crippen LogP contribution in [0.15, 0.2) is 87.4 Å². The Hall–Kier alpha value is -3.32. The highest BCUT2D eigenvalue weighted by Gasteiger charge is 2.19. The highest BCUT2D eigenvalue weighted by Crippen LogP contribution is 2.23. The minimum Gasteiger partial charge on any atom is -0.467 e. The van der Waals surface area contributed by atoms with E-state index >= 15 is 0 Å². The number of para-hydroxylation sites is 1. The summed E-state index contributed by atoms with van der Waals surface area (Å²) in [6, 6.07) is 20.6. The molecule has 7 heteroatoms. The van der Waals surface area contributed by atoms with Crippen LogP contribution in [0.2, 0.25) is 0 Å². The largest absolute Gasteiger partial charge is 0.467 e. The number of rotatable bonds is 7. The second kappa shape index (κ2) is 9.00. The lowest BCUT2D eigenvalue weighted by molar-refractivity contribution is -0.120. The van der Waals surface area contributed by atoms with E-state index in [-0.39, 0.29) is 11.5 Å². The number of hydrogen-bond donors (Lipinski definition) is 1. The molecule has 0 radical (unpaired) electrons. The Bertz CT molecular complexity index is 1200. The van der Waals surface area contributed by atoms with Gasteiger partial charge in [0.1, 0.15) is 5.76 Å². The van der Waals surface area contributed by atoms with Crippen molar-refractivity contribution in [2.24, 2.45) is 0 Å². The van der Waals surface area contributed by atoms with Crippen LogP contribution in [0.5, 0.6) is 0 Å². The quantitative estimate of drug-likeness (QED) is 0.364. The molecule has 0 bridgehead atoms. The van der Waals surface area contributed by atoms with Gasteiger partial charge in [-0.25, -0.2) is 4.98 Å². The molecule has 2 heterocycles. The maximum absolute atomic E-state index is 13.2. The van der Waals surface area contributed by atoms with Crippen molar-refractivity contribution in [3.63, 3.8) is 0 Å². The predicted octanol–water partition coefficient (Wildman–Crippen LogP) is 3.83. The van der Waals surface area contributed by atoms with Crippen LogP contribution >= 0.6 is 11.8 Å². The third-order valence-corrected chi connectivity index (χ3v) is 5.77. The van der Waals surface area contributed by atoms with E-state index in [1.807, 2.05) is 48.5 Å². The average molecular weight is 420 g/mol. The van der Waals surface area contributed by atoms with Gasteiger partial charge in [0.25, 0.3) is 5.56 Å². The Morgan fingerprint density at radius 2 is 1.87 bits per heavy atom. The van der Waals surface area contributed by atoms with Gasteiger partial charge in [-0.3, -0.25) is 14.2 Å². The summed E-state index contributed by atoms with van der Waals surface area (Å²) >= 11 is 1.27. The van der Waals surface area contributed by atoms with Gasteiger partial charge in [-0.15, -0.1) is 0 Å². The Labute approximate surface area is 177 Å². The first kappa shape index (κ1) is 20.0. The number of benzene rings is 2. The zero-order valence-electron chi connectivity index (χ0n) is 16.4. The molecule has 0 aliphatic carbocycles. The van der Waals surface area contributed by atoms with Crippen molar-refractivity contribution in [1.29, 1.82) is 0 Å². The van der Waals surface area contributed by atoms with Crippen LogP contribution in [0.1, 0.15) is 18.2 Å². The van der Waals surface area contributed by atoms with Crippen LogP contribution in [0.25, 0.3) is 10.9 Å². The van der Waals surface area contributed by atoms with Gasteiger partial charge < -0.3 is 9.73 Å². The molecule has 2 aromatic carbocycles. The molecular weight excluding hydrogens is 398 g/mol. The Morgan fingerprint density at radius 3 is 2.63 bits per heavy atom. The van der Waals surface area contributed by atoms with Crippen molar-refractivity contribution in [1.82, 2.24) is 14.9 Å². The van der Waals surface area contributed by atoms with Gasteiger partial charge in [-0.1, -0.05) is 54.2 Å². The molecule has 4 aromatic rings. The number of hydrogen-bond acceptors (Lipinski definition) is 5. The fourth-order valence-corrected chi connectivity index (χ4v) is 4.02. The maximum atomic E-state index is 13.2. The molecule has 1 atom stereocenters. The van der Waals surface area contributed by atoms with Crippen LogP contribution in [0.4, 0.5) is 0 Å². The van der Waals surface area contributed by atoms with Crippen molar-refractivity contribution in [2.45, 2.75) is 30.4 Å². The van der Waals surface area contributed by atoms with Crippen molar-refractivity contribution in [3.8, 4) is 0 Å². The third kappa shape index (κ3) is 4.46. The number of carbonyl (C=O) groups is 1. The van der Waals surface area contributed by atoms with E-state index in [0.717, 1.165) is 5.56 Å². The standard InChI is InChI=1S/C23H21N3O3S/c1-16(21(27)24-14-18-10-7-13-29-18)30-23-25-20-12-6-5-11-19(20)22(28)26(23)15-17-8-3-2-4-9-17/h2-13,16H,14-15H2,1H3,(H,24,27)/t16-/m0/s1. The molecule has 0 fully saturated rings. The van der Waals surface area contributed by atoms with Gasteiger partial charge in [-0.2, -0.15) is 0 Å². The third-order valence-electron chi connectivity index (χ3n) is 4.68. The van der Waals surface area contributed by atoms with Gasteiger partial charge >= 0.3 is 0 Å². The van der Waals surface area contributed by atoms with Gasteiger partial charge in [-0.05, 0) is 36.8 Å². The summed E-state index contributed by atoms with van der Waals surface area (Å²) in [4.78, 5) is 30.4. The summed E-state index contributed by atoms with van der Waals surface area (Å²) in [5.74, 6) is 0.537. The molecule has 152 valence electrons. The average Bonchev–Trinajstić information content (AvgIpc) is 3.29. The fraction of sp³-hybridized carbons (Fsp3) is 0.174. The lowest BCUT2D eigenvalue weighted by atomic mass is 10.2. The smallest absolute Gasteiger partial charge is 0.262 e. The Balaban J connectivity index is 1.62. The van der Waals surface area contributed by atoms with E-state index in [1.54, 1.807) is 36.0 Å². The second-order valence-corrected chi connectivity index (χ2v) is 8.15. The summed E-state index contributed by atoms with van der Waals surface area (Å²) in [6.07, 6.45) is 1.57. The molecule has 1 amide bonds. The first-order chi connectivity index (χ1) is 14.6. The number of nitrogens with zero attached hydrogens (tertiary/aromatic N) is 2. The molecule has 0 aliphatic rings. The lowest BCUT2D eigenvalue weighted by Crippen LogP contribution is -2.31. The summed E-state index contributed by atoms with van der Waals surface area (Å²) in [7, 11) is 0. The van der Waals surface area contributed by atoms with E-state index in [9.17, 15) is 9.59 Å². The minimum absolute atomic E-state index is 0.116. The van der Waals surface area contributed by atoms with Crippen LogP contribution in [-0.2, 0) is 17.9 Å². The van der Waals surface area contributed by atoms with E-state index in [4.69, 9.17) is 9.40 Å². The summed E-state index contributed by atoms with van der Waals surface area (Å²) in [5, 5.41) is 3.50. The second-order valence-electron chi connectivity index (χ2n) is 6.85. The van der Waals surface area contributed by atoms with Crippen molar-refractivity contribution in [3.05, 3.63) is 94.7 Å². The topological polar surface area (TPSA) is 77.1 Å². The normalized spacial score (nSPS) is 12.0. The van der Waals surface area contributed by atoms with Crippen LogP contribution in [0, 0.1) is 0 Å². The van der Waals surface area contributed by atoms with E-state index in [1.165, 1.54) is 11.8 Å². The fourth-order valence-electron chi connectivity index (χ4n) is 3.09. The number of nitrogens with one attached hydrogen (secondary N) is 1. The van der Waals surface area contributed by atoms with Gasteiger partial charge in [0.05, 0.1) is 35.5 Å². The van der Waals surface area contributed by atoms with Crippen LogP contribution in [0.3, 0.4) is 0 Å². The molecule has 4 rings (SSSR count). The predicted molar refractivity (Wildman–Crippen MR) is 117 cm³/mol. The zero-order chi connectivity index (χ0) is 20.9. The number of carbonyl (C=O) groups excluding carboxylic acids is 1. The molecule has 6 nitrogen and oxygen atoms in total. The van der Waals surface area contributed by atoms with Crippen molar-refractivity contribution >= 4 is 28.6 Å². The highest BCUT2D eigenvalue weighted by atomic mass is 32.2. The first-order valence-corrected chi connectivity index (χ1v) is 10.5. The van der Waals surface area contributed by atoms with Crippen molar-refractivity contribution < 1.29 is 9.21 Å². The first-order valence-electron chi connectivity index (χ1n) is 9.62. The summed E-state index contributed by atoms with van der Waals surface area (Å²) in [6.45, 7) is 2.51. The molecule has 0 aliphatic heterocycles. The number of amides is 1. The molecular formula is C23H21N3O3S. The van der Waals surface area contributed by atoms with Gasteiger partial charge in [0.2, 0.25) is 5.91 Å². The SMILES string of the molecule is C[C@H](Sc1nc2ccccc2c(=O)n1Cc1ccccc1)C(=O)NCc1ccco1. The van der Waals surface area contributed by atoms with Crippen LogP contribution < -0.4 is 10.9 Å². The number of thioether (sulfide) groups is 1. The molecule has 0 saturated carbocycles. The number of fused-ring (bicyclic) bond motifs is 1. The zero-order valence-corrected chi connectivity index (χ0v) is 17.3. The monoisotopic (exact) mass is 419 g/mol. The molecule has 1 N–H and O–H groups in total. The summed E-state index contributed by atoms with van der Waals surface area (Å²) < 4.78 is 6.89. The van der Waals surface area contributed by atoms with Crippen LogP contribution in [-0.4, -0.2) is 20.7 Å². The van der Waals surface area contributed by atoms with Crippen molar-refractivity contribution in [2.75, 3.05) is 0 Å². The lowest BCUT2D eigenvalue weighted by Gasteiger charge is -2.16. The number of furan rings is 1. The molecule has 30 heavy (non-hydrogen) atoms. The van der Waals surface area contributed by atoms with Gasteiger partial charge in [0.15, 0.2) is 5.16 Å². The van der Waals surface area contributed by atoms with E-state index in [2.05, 4.69) is 5.32 Å². The Morgan fingerprint density at radius 1 is 1.10 bits per heavy atom. The molecule has 0 saturated heterocycles. The van der Waals surface area contributed by atoms with E-state index in [0.29, 0.717) is 34.9 Å². The van der Waals surface area contributed by atoms with E-state index < -0.39 is 5.25 Å². The number of aromatic nitrogens is 2. The summed E-state index contributed by atoms with van der Waals surface area (Å²) in [5.41, 5.74) is 1.50. The molecule has 0 spiro atoms. The Kier molecular flexibility index (Phi) is 5.99. The van der Waals surface area contributed by atoms with Gasteiger partial charge in [0, 0.05) is 0 Å². The molecule has 0 unspecified atom stereocenters. The maximum Gasteiger partial charge on any atom is 0.262 e.